The molecule has 1 unspecified atom stereocenters. The largest absolute Gasteiger partial charge is 0.319 e. The smallest absolute Gasteiger partial charge is 0.258 e. The summed E-state index contributed by atoms with van der Waals surface area (Å²) in [4.78, 5) is 25.1. The molecule has 1 saturated heterocycles. The molecule has 5 rings (SSSR count). The van der Waals surface area contributed by atoms with Crippen molar-refractivity contribution in [2.75, 3.05) is 13.1 Å². The van der Waals surface area contributed by atoms with E-state index in [-0.39, 0.29) is 15.7 Å². The molecule has 2 aromatic carbocycles. The minimum Gasteiger partial charge on any atom is -0.319 e. The molecule has 178 valence electrons. The zero-order valence-corrected chi connectivity index (χ0v) is 20.8. The zero-order chi connectivity index (χ0) is 23.9. The number of aromatic nitrogens is 4. The Bertz CT molecular complexity index is 1520. The standard InChI is InChI=1S/C24H27N5O3S2/c1-3-29-21-12-11-17(34(31,32)28-13-7-4-8-14-28)15-20(21)26-24(29)33-16(2)22-25-19-10-6-5-9-18(19)23(30)27-22/h5-6,9-12,15-16H,3-4,7-8,13-14H2,1-2H3,(H,25,27,30). The number of H-pyrrole nitrogens is 1. The topological polar surface area (TPSA) is 101 Å². The van der Waals surface area contributed by atoms with Crippen LogP contribution in [0, 0.1) is 0 Å². The van der Waals surface area contributed by atoms with Gasteiger partial charge >= 0.3 is 0 Å². The van der Waals surface area contributed by atoms with Gasteiger partial charge in [-0.25, -0.2) is 18.4 Å². The number of sulfonamides is 1. The van der Waals surface area contributed by atoms with E-state index in [1.54, 1.807) is 22.5 Å². The minimum absolute atomic E-state index is 0.157. The van der Waals surface area contributed by atoms with Crippen LogP contribution in [0.4, 0.5) is 0 Å². The van der Waals surface area contributed by atoms with Crippen molar-refractivity contribution in [2.24, 2.45) is 0 Å². The van der Waals surface area contributed by atoms with E-state index < -0.39 is 10.0 Å². The summed E-state index contributed by atoms with van der Waals surface area (Å²) >= 11 is 1.49. The number of rotatable bonds is 6. The Hall–Kier alpha value is -2.69. The second-order valence-electron chi connectivity index (χ2n) is 8.48. The van der Waals surface area contributed by atoms with Gasteiger partial charge in [-0.2, -0.15) is 4.31 Å². The van der Waals surface area contributed by atoms with Crippen molar-refractivity contribution in [1.82, 2.24) is 23.8 Å². The first-order valence-electron chi connectivity index (χ1n) is 11.5. The maximum atomic E-state index is 13.1. The third-order valence-electron chi connectivity index (χ3n) is 6.25. The number of hydrogen-bond acceptors (Lipinski definition) is 6. The first kappa shape index (κ1) is 23.1. The lowest BCUT2D eigenvalue weighted by atomic mass is 10.2. The van der Waals surface area contributed by atoms with E-state index in [0.29, 0.717) is 41.9 Å². The van der Waals surface area contributed by atoms with Crippen LogP contribution in [0.25, 0.3) is 21.9 Å². The predicted octanol–water partition coefficient (Wildman–Crippen LogP) is 4.32. The Balaban J connectivity index is 1.48. The van der Waals surface area contributed by atoms with Gasteiger partial charge in [-0.3, -0.25) is 4.79 Å². The summed E-state index contributed by atoms with van der Waals surface area (Å²) < 4.78 is 29.9. The van der Waals surface area contributed by atoms with Gasteiger partial charge in [0.25, 0.3) is 5.56 Å². The quantitative estimate of drug-likeness (QED) is 0.398. The highest BCUT2D eigenvalue weighted by Gasteiger charge is 2.27. The molecule has 8 nitrogen and oxygen atoms in total. The van der Waals surface area contributed by atoms with Crippen molar-refractivity contribution in [2.45, 2.75) is 55.0 Å². The van der Waals surface area contributed by atoms with Gasteiger partial charge in [0, 0.05) is 19.6 Å². The van der Waals surface area contributed by atoms with Gasteiger partial charge in [-0.15, -0.1) is 0 Å². The summed E-state index contributed by atoms with van der Waals surface area (Å²) in [5.41, 5.74) is 2.03. The molecule has 3 heterocycles. The van der Waals surface area contributed by atoms with Gasteiger partial charge in [-0.05, 0) is 57.0 Å². The number of piperidine rings is 1. The zero-order valence-electron chi connectivity index (χ0n) is 19.2. The maximum absolute atomic E-state index is 13.1. The predicted molar refractivity (Wildman–Crippen MR) is 135 cm³/mol. The van der Waals surface area contributed by atoms with Gasteiger partial charge in [0.1, 0.15) is 5.82 Å². The minimum atomic E-state index is -3.53. The van der Waals surface area contributed by atoms with E-state index in [1.807, 2.05) is 38.1 Å². The molecular weight excluding hydrogens is 470 g/mol. The lowest BCUT2D eigenvalue weighted by Gasteiger charge is -2.25. The number of fused-ring (bicyclic) bond motifs is 2. The summed E-state index contributed by atoms with van der Waals surface area (Å²) in [7, 11) is -3.53. The molecule has 0 bridgehead atoms. The molecule has 1 atom stereocenters. The molecule has 1 N–H and O–H groups in total. The molecule has 34 heavy (non-hydrogen) atoms. The molecule has 2 aromatic heterocycles. The number of aryl methyl sites for hydroxylation is 1. The summed E-state index contributed by atoms with van der Waals surface area (Å²) in [6.45, 7) is 5.83. The van der Waals surface area contributed by atoms with E-state index in [9.17, 15) is 13.2 Å². The third kappa shape index (κ3) is 4.14. The van der Waals surface area contributed by atoms with Crippen LogP contribution in [0.1, 0.15) is 44.2 Å². The highest BCUT2D eigenvalue weighted by Crippen LogP contribution is 2.35. The molecule has 4 aromatic rings. The van der Waals surface area contributed by atoms with Crippen LogP contribution in [0.2, 0.25) is 0 Å². The Morgan fingerprint density at radius 2 is 1.82 bits per heavy atom. The molecule has 10 heteroatoms. The molecule has 0 amide bonds. The first-order chi connectivity index (χ1) is 16.4. The van der Waals surface area contributed by atoms with Crippen LogP contribution in [-0.2, 0) is 16.6 Å². The molecule has 0 spiro atoms. The second kappa shape index (κ2) is 9.16. The van der Waals surface area contributed by atoms with Gasteiger partial charge in [0.05, 0.1) is 32.1 Å². The average Bonchev–Trinajstić information content (AvgIpc) is 3.20. The van der Waals surface area contributed by atoms with Crippen LogP contribution in [-0.4, -0.2) is 45.3 Å². The van der Waals surface area contributed by atoms with Crippen LogP contribution in [0.5, 0.6) is 0 Å². The molecule has 1 fully saturated rings. The molecule has 0 saturated carbocycles. The third-order valence-corrected chi connectivity index (χ3v) is 9.25. The van der Waals surface area contributed by atoms with Gasteiger partial charge in [0.2, 0.25) is 10.0 Å². The van der Waals surface area contributed by atoms with E-state index >= 15 is 0 Å². The van der Waals surface area contributed by atoms with Crippen LogP contribution >= 0.6 is 11.8 Å². The number of benzene rings is 2. The van der Waals surface area contributed by atoms with Crippen molar-refractivity contribution < 1.29 is 8.42 Å². The number of aromatic amines is 1. The highest BCUT2D eigenvalue weighted by atomic mass is 32.2. The lowest BCUT2D eigenvalue weighted by Crippen LogP contribution is -2.35. The number of para-hydroxylation sites is 1. The van der Waals surface area contributed by atoms with Crippen LogP contribution in [0.15, 0.2) is 57.3 Å². The van der Waals surface area contributed by atoms with E-state index in [0.717, 1.165) is 29.9 Å². The van der Waals surface area contributed by atoms with Crippen molar-refractivity contribution in [3.63, 3.8) is 0 Å². The van der Waals surface area contributed by atoms with Crippen molar-refractivity contribution in [1.29, 1.82) is 0 Å². The number of nitrogens with zero attached hydrogens (tertiary/aromatic N) is 4. The van der Waals surface area contributed by atoms with E-state index in [4.69, 9.17) is 4.98 Å². The molecule has 1 aliphatic rings. The summed E-state index contributed by atoms with van der Waals surface area (Å²) in [6.07, 6.45) is 2.87. The summed E-state index contributed by atoms with van der Waals surface area (Å²) in [5.74, 6) is 0.580. The molecular formula is C24H27N5O3S2. The summed E-state index contributed by atoms with van der Waals surface area (Å²) in [5, 5.41) is 1.16. The fourth-order valence-electron chi connectivity index (χ4n) is 4.41. The average molecular weight is 498 g/mol. The van der Waals surface area contributed by atoms with E-state index in [2.05, 4.69) is 14.5 Å². The first-order valence-corrected chi connectivity index (χ1v) is 13.9. The van der Waals surface area contributed by atoms with Gasteiger partial charge < -0.3 is 9.55 Å². The number of hydrogen-bond donors (Lipinski definition) is 1. The number of imidazole rings is 1. The monoisotopic (exact) mass is 497 g/mol. The Kier molecular flexibility index (Phi) is 6.22. The van der Waals surface area contributed by atoms with Gasteiger partial charge in [-0.1, -0.05) is 30.3 Å². The fourth-order valence-corrected chi connectivity index (χ4v) is 6.99. The van der Waals surface area contributed by atoms with Crippen LogP contribution in [0.3, 0.4) is 0 Å². The second-order valence-corrected chi connectivity index (χ2v) is 11.7. The SMILES string of the molecule is CCn1c(SC(C)c2nc3ccccc3c(=O)[nH]2)nc2cc(S(=O)(=O)N3CCCCC3)ccc21. The molecule has 1 aliphatic heterocycles. The van der Waals surface area contributed by atoms with Crippen LogP contribution < -0.4 is 5.56 Å². The molecule has 0 aliphatic carbocycles. The van der Waals surface area contributed by atoms with Crippen molar-refractivity contribution >= 4 is 43.7 Å². The summed E-state index contributed by atoms with van der Waals surface area (Å²) in [6, 6.07) is 12.5. The van der Waals surface area contributed by atoms with Crippen molar-refractivity contribution in [3.8, 4) is 0 Å². The fraction of sp³-hybridized carbons (Fsp3) is 0.375. The molecule has 0 radical (unpaired) electrons. The number of nitrogens with one attached hydrogen (secondary N) is 1. The Labute approximate surface area is 202 Å². The van der Waals surface area contributed by atoms with Gasteiger partial charge in [0.15, 0.2) is 5.16 Å². The normalized spacial score (nSPS) is 16.3. The Morgan fingerprint density at radius 3 is 2.59 bits per heavy atom. The number of thioether (sulfide) groups is 1. The lowest BCUT2D eigenvalue weighted by molar-refractivity contribution is 0.346. The van der Waals surface area contributed by atoms with Crippen molar-refractivity contribution in [3.05, 3.63) is 58.6 Å². The van der Waals surface area contributed by atoms with E-state index in [1.165, 1.54) is 11.8 Å². The maximum Gasteiger partial charge on any atom is 0.258 e. The highest BCUT2D eigenvalue weighted by molar-refractivity contribution is 7.99. The Morgan fingerprint density at radius 1 is 1.06 bits per heavy atom.